The zero-order chi connectivity index (χ0) is 23.1. The van der Waals surface area contributed by atoms with Crippen LogP contribution in [0.25, 0.3) is 16.3 Å². The molecular weight excluding hydrogens is 449 g/mol. The average Bonchev–Trinajstić information content (AvgIpc) is 3.45. The molecule has 2 aliphatic heterocycles. The fourth-order valence-corrected chi connectivity index (χ4v) is 5.49. The molecule has 2 N–H and O–H groups in total. The monoisotopic (exact) mass is 475 g/mol. The second-order valence-corrected chi connectivity index (χ2v) is 9.34. The van der Waals surface area contributed by atoms with Gasteiger partial charge >= 0.3 is 0 Å². The fraction of sp³-hybridized carbons (Fsp3) is 0.500. The zero-order valence-electron chi connectivity index (χ0n) is 18.5. The number of phenolic OH excluding ortho intramolecular Hbond substituents is 1. The minimum atomic E-state index is -1.21. The van der Waals surface area contributed by atoms with Gasteiger partial charge in [-0.05, 0) is 31.5 Å². The highest BCUT2D eigenvalue weighted by Gasteiger charge is 2.49. The highest BCUT2D eigenvalue weighted by molar-refractivity contribution is 7.16. The van der Waals surface area contributed by atoms with Crippen molar-refractivity contribution in [1.82, 2.24) is 25.3 Å². The Kier molecular flexibility index (Phi) is 6.04. The first-order valence-corrected chi connectivity index (χ1v) is 11.6. The van der Waals surface area contributed by atoms with E-state index in [9.17, 15) is 5.11 Å². The zero-order valence-corrected chi connectivity index (χ0v) is 19.3. The Labute approximate surface area is 194 Å². The van der Waals surface area contributed by atoms with Gasteiger partial charge in [-0.2, -0.15) is 5.10 Å². The third kappa shape index (κ3) is 4.21. The number of phenols is 1. The number of piperidine rings is 2. The number of rotatable bonds is 6. The summed E-state index contributed by atoms with van der Waals surface area (Å²) in [6.07, 6.45) is 0.536. The number of halogens is 1. The van der Waals surface area contributed by atoms with Crippen molar-refractivity contribution in [2.75, 3.05) is 14.2 Å². The number of methoxy groups -OCH3 is 2. The van der Waals surface area contributed by atoms with Crippen LogP contribution in [-0.2, 0) is 9.47 Å². The molecule has 2 aliphatic rings. The summed E-state index contributed by atoms with van der Waals surface area (Å²) in [4.78, 5) is 0. The average molecular weight is 476 g/mol. The lowest BCUT2D eigenvalue weighted by Gasteiger charge is -2.48. The standard InChI is InChI=1S/C22H26FN5O4S/c1-11-6-7-28(27-11)12-4-5-13(16(29)8-12)21-25-26-22(33-21)32-17-10-15-20(31-3)18(30-2)9-14(24-15)19(17)23/h4-8,14-15,17-20,24,29H,9-10H2,1-3H3. The van der Waals surface area contributed by atoms with E-state index in [2.05, 4.69) is 20.6 Å². The Balaban J connectivity index is 1.31. The number of benzene rings is 1. The Hall–Kier alpha value is -2.60. The molecule has 0 aliphatic carbocycles. The van der Waals surface area contributed by atoms with Gasteiger partial charge in [-0.3, -0.25) is 0 Å². The molecule has 0 spiro atoms. The van der Waals surface area contributed by atoms with Crippen LogP contribution in [0.5, 0.6) is 10.9 Å². The highest BCUT2D eigenvalue weighted by atomic mass is 32.1. The molecule has 4 heterocycles. The molecule has 2 saturated heterocycles. The number of aromatic nitrogens is 4. The number of fused-ring (bicyclic) bond motifs is 2. The molecule has 11 heteroatoms. The molecule has 6 unspecified atom stereocenters. The second-order valence-electron chi connectivity index (χ2n) is 8.40. The van der Waals surface area contributed by atoms with E-state index in [1.165, 1.54) is 11.3 Å². The number of aromatic hydroxyl groups is 1. The van der Waals surface area contributed by atoms with Crippen molar-refractivity contribution in [2.24, 2.45) is 0 Å². The third-order valence-electron chi connectivity index (χ3n) is 6.34. The van der Waals surface area contributed by atoms with Crippen molar-refractivity contribution >= 4 is 11.3 Å². The van der Waals surface area contributed by atoms with Gasteiger partial charge in [0.25, 0.3) is 5.19 Å². The number of alkyl halides is 1. The van der Waals surface area contributed by atoms with Crippen molar-refractivity contribution in [3.05, 3.63) is 36.2 Å². The van der Waals surface area contributed by atoms with Crippen molar-refractivity contribution in [2.45, 2.75) is 56.3 Å². The maximum Gasteiger partial charge on any atom is 0.294 e. The smallest absolute Gasteiger partial charge is 0.294 e. The van der Waals surface area contributed by atoms with Gasteiger partial charge in [-0.15, -0.1) is 5.10 Å². The van der Waals surface area contributed by atoms with E-state index in [1.54, 1.807) is 31.0 Å². The first-order chi connectivity index (χ1) is 16.0. The van der Waals surface area contributed by atoms with Gasteiger partial charge in [0.1, 0.15) is 11.9 Å². The predicted octanol–water partition coefficient (Wildman–Crippen LogP) is 2.65. The summed E-state index contributed by atoms with van der Waals surface area (Å²) in [6.45, 7) is 1.90. The van der Waals surface area contributed by atoms with Gasteiger partial charge in [-0.1, -0.05) is 16.4 Å². The summed E-state index contributed by atoms with van der Waals surface area (Å²) in [6, 6.07) is 6.65. The molecule has 1 aromatic carbocycles. The number of nitrogens with one attached hydrogen (secondary N) is 1. The van der Waals surface area contributed by atoms with E-state index in [-0.39, 0.29) is 35.2 Å². The quantitative estimate of drug-likeness (QED) is 0.561. The topological polar surface area (TPSA) is 104 Å². The minimum Gasteiger partial charge on any atom is -0.507 e. The number of hydrogen-bond donors (Lipinski definition) is 2. The first kappa shape index (κ1) is 22.2. The summed E-state index contributed by atoms with van der Waals surface area (Å²) in [5, 5.41) is 27.2. The normalized spacial score (nSPS) is 29.2. The molecule has 2 bridgehead atoms. The van der Waals surface area contributed by atoms with E-state index in [4.69, 9.17) is 14.2 Å². The predicted molar refractivity (Wildman–Crippen MR) is 120 cm³/mol. The van der Waals surface area contributed by atoms with E-state index < -0.39 is 12.3 Å². The van der Waals surface area contributed by atoms with Crippen LogP contribution in [-0.4, -0.2) is 75.9 Å². The molecule has 9 nitrogen and oxygen atoms in total. The Morgan fingerprint density at radius 2 is 1.94 bits per heavy atom. The highest BCUT2D eigenvalue weighted by Crippen LogP contribution is 2.38. The van der Waals surface area contributed by atoms with E-state index in [0.29, 0.717) is 23.4 Å². The van der Waals surface area contributed by atoms with E-state index in [0.717, 1.165) is 11.4 Å². The largest absolute Gasteiger partial charge is 0.507 e. The summed E-state index contributed by atoms with van der Waals surface area (Å²) in [7, 11) is 3.26. The summed E-state index contributed by atoms with van der Waals surface area (Å²) < 4.78 is 33.9. The van der Waals surface area contributed by atoms with Crippen LogP contribution in [0.2, 0.25) is 0 Å². The van der Waals surface area contributed by atoms with E-state index in [1.807, 2.05) is 25.3 Å². The molecular formula is C22H26FN5O4S. The molecule has 0 saturated carbocycles. The molecule has 3 aromatic rings. The fourth-order valence-electron chi connectivity index (χ4n) is 4.70. The molecule has 176 valence electrons. The Bertz CT molecular complexity index is 1120. The van der Waals surface area contributed by atoms with Crippen LogP contribution < -0.4 is 10.1 Å². The Morgan fingerprint density at radius 1 is 1.12 bits per heavy atom. The summed E-state index contributed by atoms with van der Waals surface area (Å²) >= 11 is 1.17. The second kappa shape index (κ2) is 8.98. The molecule has 6 atom stereocenters. The molecule has 2 fully saturated rings. The Morgan fingerprint density at radius 3 is 2.64 bits per heavy atom. The molecule has 33 heavy (non-hydrogen) atoms. The lowest BCUT2D eigenvalue weighted by Crippen LogP contribution is -2.67. The number of aryl methyl sites for hydroxylation is 1. The van der Waals surface area contributed by atoms with Crippen LogP contribution in [0.4, 0.5) is 4.39 Å². The summed E-state index contributed by atoms with van der Waals surface area (Å²) in [5.41, 5.74) is 2.14. The van der Waals surface area contributed by atoms with Crippen LogP contribution in [0, 0.1) is 6.92 Å². The van der Waals surface area contributed by atoms with Crippen molar-refractivity contribution in [1.29, 1.82) is 0 Å². The van der Waals surface area contributed by atoms with Gasteiger partial charge in [0.15, 0.2) is 11.2 Å². The lowest BCUT2D eigenvalue weighted by molar-refractivity contribution is -0.120. The number of ether oxygens (including phenoxy) is 3. The lowest BCUT2D eigenvalue weighted by atomic mass is 9.80. The van der Waals surface area contributed by atoms with Gasteiger partial charge in [0, 0.05) is 45.0 Å². The van der Waals surface area contributed by atoms with Gasteiger partial charge in [0.05, 0.1) is 29.2 Å². The minimum absolute atomic E-state index is 0.0525. The number of nitrogens with zero attached hydrogens (tertiary/aromatic N) is 4. The van der Waals surface area contributed by atoms with Crippen molar-refractivity contribution in [3.63, 3.8) is 0 Å². The van der Waals surface area contributed by atoms with Crippen LogP contribution >= 0.6 is 11.3 Å². The van der Waals surface area contributed by atoms with Crippen LogP contribution in [0.1, 0.15) is 18.5 Å². The number of hydrogen-bond acceptors (Lipinski definition) is 9. The maximum absolute atomic E-state index is 15.2. The molecule has 0 amide bonds. The van der Waals surface area contributed by atoms with Gasteiger partial charge < -0.3 is 24.6 Å². The summed E-state index contributed by atoms with van der Waals surface area (Å²) in [5.74, 6) is 0.0525. The molecule has 2 aromatic heterocycles. The molecule has 0 radical (unpaired) electrons. The van der Waals surface area contributed by atoms with Crippen LogP contribution in [0.15, 0.2) is 30.5 Å². The van der Waals surface area contributed by atoms with E-state index >= 15 is 4.39 Å². The maximum atomic E-state index is 15.2. The van der Waals surface area contributed by atoms with Gasteiger partial charge in [-0.25, -0.2) is 9.07 Å². The van der Waals surface area contributed by atoms with Gasteiger partial charge in [0.2, 0.25) is 0 Å². The SMILES string of the molecule is COC1CC2NC(CC(Oc3nnc(-c4ccc(-n5ccc(C)n5)cc4O)s3)C2F)C1OC. The molecule has 5 rings (SSSR count). The van der Waals surface area contributed by atoms with Crippen molar-refractivity contribution in [3.8, 4) is 27.2 Å². The third-order valence-corrected chi connectivity index (χ3v) is 7.18. The van der Waals surface area contributed by atoms with Crippen LogP contribution in [0.3, 0.4) is 0 Å². The first-order valence-electron chi connectivity index (χ1n) is 10.8. The van der Waals surface area contributed by atoms with Crippen molar-refractivity contribution < 1.29 is 23.7 Å².